The lowest BCUT2D eigenvalue weighted by Crippen LogP contribution is -2.23. The fourth-order valence-electron chi connectivity index (χ4n) is 2.76. The molecule has 1 N–H and O–H groups in total. The number of ether oxygens (including phenoxy) is 2. The molecule has 5 heteroatoms. The van der Waals surface area contributed by atoms with Gasteiger partial charge in [-0.15, -0.1) is 0 Å². The summed E-state index contributed by atoms with van der Waals surface area (Å²) in [6, 6.07) is 9.97. The summed E-state index contributed by atoms with van der Waals surface area (Å²) in [7, 11) is 1.57. The van der Waals surface area contributed by atoms with Crippen LogP contribution in [0, 0.1) is 22.7 Å². The minimum atomic E-state index is -0.393. The van der Waals surface area contributed by atoms with Crippen molar-refractivity contribution in [2.24, 2.45) is 0 Å². The maximum absolute atomic E-state index is 9.52. The molecule has 0 unspecified atom stereocenters. The van der Waals surface area contributed by atoms with Crippen LogP contribution in [0.25, 0.3) is 0 Å². The molecule has 0 saturated carbocycles. The molecule has 0 atom stereocenters. The number of nitriles is 2. The number of allylic oxidation sites excluding steroid dienone is 4. The Bertz CT molecular complexity index is 727. The van der Waals surface area contributed by atoms with Gasteiger partial charge in [0.1, 0.15) is 0 Å². The predicted octanol–water partition coefficient (Wildman–Crippen LogP) is 3.38. The van der Waals surface area contributed by atoms with E-state index in [1.807, 2.05) is 39.0 Å². The Morgan fingerprint density at radius 3 is 2.17 bits per heavy atom. The van der Waals surface area contributed by atoms with Crippen LogP contribution in [0.15, 0.2) is 40.7 Å². The van der Waals surface area contributed by atoms with Gasteiger partial charge in [0.15, 0.2) is 11.5 Å². The Morgan fingerprint density at radius 2 is 1.70 bits per heavy atom. The van der Waals surface area contributed by atoms with Gasteiger partial charge < -0.3 is 14.8 Å². The minimum absolute atomic E-state index is 0.393. The standard InChI is InChI=1S/C18H19N3O2/c1-5-23-16-7-6-13(8-17(16)22-4)18-14(9-19)11(2)21-12(3)15(18)10-20/h6-8,18,21H,5H2,1-4H3. The van der Waals surface area contributed by atoms with Crippen LogP contribution in [-0.4, -0.2) is 13.7 Å². The van der Waals surface area contributed by atoms with Gasteiger partial charge in [0, 0.05) is 11.4 Å². The molecule has 23 heavy (non-hydrogen) atoms. The van der Waals surface area contributed by atoms with Gasteiger partial charge in [0.05, 0.1) is 42.9 Å². The van der Waals surface area contributed by atoms with Crippen molar-refractivity contribution in [2.75, 3.05) is 13.7 Å². The van der Waals surface area contributed by atoms with Gasteiger partial charge in [0.25, 0.3) is 0 Å². The smallest absolute Gasteiger partial charge is 0.161 e. The van der Waals surface area contributed by atoms with E-state index in [1.54, 1.807) is 7.11 Å². The Morgan fingerprint density at radius 1 is 1.09 bits per heavy atom. The Hall–Kier alpha value is -2.92. The van der Waals surface area contributed by atoms with Crippen molar-refractivity contribution in [3.05, 3.63) is 46.3 Å². The van der Waals surface area contributed by atoms with Crippen molar-refractivity contribution in [1.82, 2.24) is 5.32 Å². The molecule has 1 aromatic rings. The molecule has 0 spiro atoms. The van der Waals surface area contributed by atoms with E-state index in [0.29, 0.717) is 29.3 Å². The molecule has 2 rings (SSSR count). The predicted molar refractivity (Wildman–Crippen MR) is 86.7 cm³/mol. The van der Waals surface area contributed by atoms with Crippen LogP contribution in [-0.2, 0) is 0 Å². The van der Waals surface area contributed by atoms with Crippen molar-refractivity contribution in [1.29, 1.82) is 10.5 Å². The van der Waals surface area contributed by atoms with Crippen LogP contribution in [0.5, 0.6) is 11.5 Å². The van der Waals surface area contributed by atoms with Gasteiger partial charge in [-0.05, 0) is 38.5 Å². The van der Waals surface area contributed by atoms with E-state index in [2.05, 4.69) is 17.5 Å². The lowest BCUT2D eigenvalue weighted by molar-refractivity contribution is 0.310. The van der Waals surface area contributed by atoms with E-state index in [4.69, 9.17) is 9.47 Å². The first-order chi connectivity index (χ1) is 11.1. The van der Waals surface area contributed by atoms with Crippen LogP contribution in [0.1, 0.15) is 32.3 Å². The first kappa shape index (κ1) is 16.5. The van der Waals surface area contributed by atoms with E-state index >= 15 is 0 Å². The van der Waals surface area contributed by atoms with E-state index in [0.717, 1.165) is 17.0 Å². The minimum Gasteiger partial charge on any atom is -0.493 e. The zero-order chi connectivity index (χ0) is 17.0. The van der Waals surface area contributed by atoms with E-state index in [-0.39, 0.29) is 0 Å². The Kier molecular flexibility index (Phi) is 4.93. The molecule has 0 aromatic heterocycles. The first-order valence-electron chi connectivity index (χ1n) is 7.36. The topological polar surface area (TPSA) is 78.1 Å². The second-order valence-electron chi connectivity index (χ2n) is 5.20. The average molecular weight is 309 g/mol. The summed E-state index contributed by atoms with van der Waals surface area (Å²) in [5.41, 5.74) is 3.44. The number of hydrogen-bond acceptors (Lipinski definition) is 5. The number of nitrogens with one attached hydrogen (secondary N) is 1. The molecule has 0 saturated heterocycles. The van der Waals surface area contributed by atoms with Crippen molar-refractivity contribution in [2.45, 2.75) is 26.7 Å². The van der Waals surface area contributed by atoms with Crippen molar-refractivity contribution in [3.8, 4) is 23.6 Å². The van der Waals surface area contributed by atoms with Gasteiger partial charge >= 0.3 is 0 Å². The second kappa shape index (κ2) is 6.89. The average Bonchev–Trinajstić information content (AvgIpc) is 2.55. The lowest BCUT2D eigenvalue weighted by Gasteiger charge is -2.26. The summed E-state index contributed by atoms with van der Waals surface area (Å²) in [6.07, 6.45) is 0. The van der Waals surface area contributed by atoms with Gasteiger partial charge in [-0.1, -0.05) is 6.07 Å². The SMILES string of the molecule is CCOc1ccc(C2C(C#N)=C(C)NC(C)=C2C#N)cc1OC. The quantitative estimate of drug-likeness (QED) is 0.922. The highest BCUT2D eigenvalue weighted by Gasteiger charge is 2.29. The molecular formula is C18H19N3O2. The van der Waals surface area contributed by atoms with Crippen LogP contribution in [0.3, 0.4) is 0 Å². The van der Waals surface area contributed by atoms with Gasteiger partial charge in [0.2, 0.25) is 0 Å². The van der Waals surface area contributed by atoms with Gasteiger partial charge in [-0.25, -0.2) is 0 Å². The number of hydrogen-bond donors (Lipinski definition) is 1. The lowest BCUT2D eigenvalue weighted by atomic mass is 9.81. The summed E-state index contributed by atoms with van der Waals surface area (Å²) in [5, 5.41) is 22.1. The third-order valence-corrected chi connectivity index (χ3v) is 3.82. The second-order valence-corrected chi connectivity index (χ2v) is 5.20. The van der Waals surface area contributed by atoms with E-state index in [1.165, 1.54) is 0 Å². The third-order valence-electron chi connectivity index (χ3n) is 3.82. The molecule has 0 radical (unpaired) electrons. The summed E-state index contributed by atoms with van der Waals surface area (Å²) in [5.74, 6) is 0.842. The maximum atomic E-state index is 9.52. The van der Waals surface area contributed by atoms with E-state index in [9.17, 15) is 10.5 Å². The number of rotatable bonds is 4. The summed E-state index contributed by atoms with van der Waals surface area (Å²) >= 11 is 0. The molecule has 0 bridgehead atoms. The molecule has 5 nitrogen and oxygen atoms in total. The fourth-order valence-corrected chi connectivity index (χ4v) is 2.76. The van der Waals surface area contributed by atoms with Crippen LogP contribution in [0.2, 0.25) is 0 Å². The largest absolute Gasteiger partial charge is 0.493 e. The van der Waals surface area contributed by atoms with Crippen LogP contribution < -0.4 is 14.8 Å². The summed E-state index contributed by atoms with van der Waals surface area (Å²) in [4.78, 5) is 0. The molecule has 1 heterocycles. The number of nitrogens with zero attached hydrogens (tertiary/aromatic N) is 2. The Balaban J connectivity index is 2.60. The van der Waals surface area contributed by atoms with E-state index < -0.39 is 5.92 Å². The number of dihydropyridines is 1. The molecule has 0 fully saturated rings. The van der Waals surface area contributed by atoms with Crippen molar-refractivity contribution in [3.63, 3.8) is 0 Å². The first-order valence-corrected chi connectivity index (χ1v) is 7.36. The number of benzene rings is 1. The highest BCUT2D eigenvalue weighted by Crippen LogP contribution is 2.40. The van der Waals surface area contributed by atoms with Crippen molar-refractivity contribution >= 4 is 0 Å². The van der Waals surface area contributed by atoms with Crippen LogP contribution in [0.4, 0.5) is 0 Å². The molecule has 0 amide bonds. The monoisotopic (exact) mass is 309 g/mol. The molecule has 1 aliphatic heterocycles. The highest BCUT2D eigenvalue weighted by molar-refractivity contribution is 5.57. The fraction of sp³-hybridized carbons (Fsp3) is 0.333. The zero-order valence-electron chi connectivity index (χ0n) is 13.7. The van der Waals surface area contributed by atoms with Crippen LogP contribution >= 0.6 is 0 Å². The van der Waals surface area contributed by atoms with Crippen molar-refractivity contribution < 1.29 is 9.47 Å². The Labute approximate surface area is 136 Å². The summed E-state index contributed by atoms with van der Waals surface area (Å²) in [6.45, 7) is 6.12. The summed E-state index contributed by atoms with van der Waals surface area (Å²) < 4.78 is 10.9. The highest BCUT2D eigenvalue weighted by atomic mass is 16.5. The molecule has 1 aromatic carbocycles. The third kappa shape index (κ3) is 3.00. The maximum Gasteiger partial charge on any atom is 0.161 e. The molecule has 1 aliphatic rings. The molecule has 0 aliphatic carbocycles. The molecule has 118 valence electrons. The van der Waals surface area contributed by atoms with Gasteiger partial charge in [-0.2, -0.15) is 10.5 Å². The number of methoxy groups -OCH3 is 1. The molecular weight excluding hydrogens is 290 g/mol. The van der Waals surface area contributed by atoms with Gasteiger partial charge in [-0.3, -0.25) is 0 Å². The zero-order valence-corrected chi connectivity index (χ0v) is 13.7. The normalized spacial score (nSPS) is 14.9.